The number of hydrogen-bond acceptors (Lipinski definition) is 8. The number of nitrogens with zero attached hydrogens (tertiary/aromatic N) is 3. The van der Waals surface area contributed by atoms with Crippen LogP contribution >= 0.6 is 11.8 Å². The van der Waals surface area contributed by atoms with E-state index in [1.807, 2.05) is 6.26 Å². The number of aliphatic hydroxyl groups excluding tert-OH is 2. The summed E-state index contributed by atoms with van der Waals surface area (Å²) in [6.07, 6.45) is 1.15. The number of ether oxygens (including phenoxy) is 1. The molecule has 0 saturated carbocycles. The van der Waals surface area contributed by atoms with E-state index >= 15 is 0 Å². The number of imidazole rings is 1. The van der Waals surface area contributed by atoms with E-state index in [4.69, 9.17) is 10.5 Å². The predicted octanol–water partition coefficient (Wildman–Crippen LogP) is -1.32. The molecule has 1 aliphatic rings. The smallest absolute Gasteiger partial charge is 0.280 e. The van der Waals surface area contributed by atoms with Crippen LogP contribution in [-0.4, -0.2) is 60.1 Å². The fourth-order valence-corrected chi connectivity index (χ4v) is 3.36. The number of fused-ring (bicyclic) bond motifs is 1. The molecule has 9 nitrogen and oxygen atoms in total. The van der Waals surface area contributed by atoms with Gasteiger partial charge in [-0.15, -0.1) is 0 Å². The molecule has 10 heteroatoms. The summed E-state index contributed by atoms with van der Waals surface area (Å²) in [5, 5.41) is 19.1. The molecule has 1 saturated heterocycles. The fraction of sp³-hybridized carbons (Fsp3) is 0.545. The highest BCUT2D eigenvalue weighted by Gasteiger charge is 2.44. The van der Waals surface area contributed by atoms with Crippen molar-refractivity contribution < 1.29 is 14.9 Å². The molecule has 2 unspecified atom stereocenters. The second kappa shape index (κ2) is 5.30. The van der Waals surface area contributed by atoms with Gasteiger partial charge in [0.25, 0.3) is 5.56 Å². The fourth-order valence-electron chi connectivity index (χ4n) is 2.48. The van der Waals surface area contributed by atoms with E-state index in [2.05, 4.69) is 15.0 Å². The predicted molar refractivity (Wildman–Crippen MR) is 76.9 cm³/mol. The van der Waals surface area contributed by atoms with Crippen LogP contribution < -0.4 is 11.3 Å². The number of nitrogens with one attached hydrogen (secondary N) is 1. The summed E-state index contributed by atoms with van der Waals surface area (Å²) in [4.78, 5) is 22.2. The molecule has 0 amide bonds. The Morgan fingerprint density at radius 3 is 3.05 bits per heavy atom. The van der Waals surface area contributed by atoms with Gasteiger partial charge >= 0.3 is 0 Å². The molecule has 0 spiro atoms. The highest BCUT2D eigenvalue weighted by Crippen LogP contribution is 2.37. The molecule has 0 aromatic carbocycles. The second-order valence-electron chi connectivity index (χ2n) is 4.71. The molecule has 0 aliphatic carbocycles. The average Bonchev–Trinajstić information content (AvgIpc) is 2.99. The van der Waals surface area contributed by atoms with E-state index in [-0.39, 0.29) is 29.0 Å². The number of nitrogen functional groups attached to an aromatic ring is 1. The number of aromatic nitrogens is 4. The zero-order valence-electron chi connectivity index (χ0n) is 11.1. The van der Waals surface area contributed by atoms with E-state index < -0.39 is 24.0 Å². The molecule has 3 heterocycles. The molecule has 1 aliphatic heterocycles. The van der Waals surface area contributed by atoms with Gasteiger partial charge in [-0.3, -0.25) is 14.3 Å². The summed E-state index contributed by atoms with van der Waals surface area (Å²) >= 11 is 1.40. The highest BCUT2D eigenvalue weighted by molar-refractivity contribution is 7.99. The third kappa shape index (κ3) is 2.20. The molecule has 2 aromatic heterocycles. The lowest BCUT2D eigenvalue weighted by atomic mass is 10.2. The Balaban J connectivity index is 2.10. The van der Waals surface area contributed by atoms with Crippen LogP contribution in [0.15, 0.2) is 11.1 Å². The molecular formula is C11H15N5O4S. The van der Waals surface area contributed by atoms with Gasteiger partial charge in [0.05, 0.1) is 24.3 Å². The van der Waals surface area contributed by atoms with Crippen LogP contribution in [0.1, 0.15) is 6.23 Å². The number of nitrogens with two attached hydrogens (primary N) is 1. The van der Waals surface area contributed by atoms with Crippen LogP contribution in [0, 0.1) is 0 Å². The summed E-state index contributed by atoms with van der Waals surface area (Å²) in [6, 6.07) is 0. The Labute approximate surface area is 123 Å². The van der Waals surface area contributed by atoms with Crippen LogP contribution in [0.2, 0.25) is 0 Å². The van der Waals surface area contributed by atoms with Crippen molar-refractivity contribution in [3.63, 3.8) is 0 Å². The van der Waals surface area contributed by atoms with E-state index in [0.717, 1.165) is 0 Å². The molecular weight excluding hydrogens is 298 g/mol. The van der Waals surface area contributed by atoms with Crippen molar-refractivity contribution in [2.75, 3.05) is 18.6 Å². The van der Waals surface area contributed by atoms with E-state index in [0.29, 0.717) is 0 Å². The molecule has 5 N–H and O–H groups in total. The van der Waals surface area contributed by atoms with E-state index in [9.17, 15) is 15.0 Å². The lowest BCUT2D eigenvalue weighted by Crippen LogP contribution is -2.31. The first kappa shape index (κ1) is 14.3. The minimum Gasteiger partial charge on any atom is -0.394 e. The number of anilines is 1. The van der Waals surface area contributed by atoms with Gasteiger partial charge in [-0.1, -0.05) is 0 Å². The number of rotatable bonds is 3. The number of thioether (sulfide) groups is 1. The van der Waals surface area contributed by atoms with Crippen molar-refractivity contribution in [1.82, 2.24) is 19.5 Å². The van der Waals surface area contributed by atoms with Gasteiger partial charge in [0.2, 0.25) is 5.95 Å². The van der Waals surface area contributed by atoms with E-state index in [1.54, 1.807) is 4.57 Å². The maximum Gasteiger partial charge on any atom is 0.280 e. The molecule has 1 fully saturated rings. The Bertz CT molecular complexity index is 716. The minimum atomic E-state index is -0.827. The SMILES string of the molecule is CSC1C(O)[C@@H](CO)O[C@H]1n1cnc2c(=O)[nH]c(N)nc21. The van der Waals surface area contributed by atoms with Crippen molar-refractivity contribution in [3.05, 3.63) is 16.7 Å². The summed E-state index contributed by atoms with van der Waals surface area (Å²) in [5.41, 5.74) is 5.55. The zero-order valence-corrected chi connectivity index (χ0v) is 11.9. The van der Waals surface area contributed by atoms with Crippen LogP contribution in [0.5, 0.6) is 0 Å². The second-order valence-corrected chi connectivity index (χ2v) is 5.73. The van der Waals surface area contributed by atoms with Crippen molar-refractivity contribution in [3.8, 4) is 0 Å². The standard InChI is InChI=1S/C11H15N5O4S/c1-21-7-6(18)4(2-17)20-10(7)16-3-13-5-8(16)14-11(12)15-9(5)19/h3-4,6-7,10,17-18H,2H2,1H3,(H3,12,14,15,19)/t4-,6?,7?,10-/m1/s1. The molecule has 21 heavy (non-hydrogen) atoms. The van der Waals surface area contributed by atoms with Crippen LogP contribution in [0.3, 0.4) is 0 Å². The molecule has 4 atom stereocenters. The van der Waals surface area contributed by atoms with Gasteiger partial charge in [0.15, 0.2) is 17.4 Å². The number of hydrogen-bond donors (Lipinski definition) is 4. The molecule has 3 rings (SSSR count). The first-order valence-corrected chi connectivity index (χ1v) is 7.55. The van der Waals surface area contributed by atoms with Crippen molar-refractivity contribution in [1.29, 1.82) is 0 Å². The molecule has 0 bridgehead atoms. The van der Waals surface area contributed by atoms with Gasteiger partial charge in [0, 0.05) is 0 Å². The largest absolute Gasteiger partial charge is 0.394 e. The van der Waals surface area contributed by atoms with Crippen LogP contribution in [0.25, 0.3) is 11.2 Å². The lowest BCUT2D eigenvalue weighted by molar-refractivity contribution is -0.0430. The lowest BCUT2D eigenvalue weighted by Gasteiger charge is -2.19. The summed E-state index contributed by atoms with van der Waals surface area (Å²) in [6.45, 7) is -0.294. The molecule has 0 radical (unpaired) electrons. The van der Waals surface area contributed by atoms with Gasteiger partial charge < -0.3 is 20.7 Å². The van der Waals surface area contributed by atoms with Crippen molar-refractivity contribution >= 4 is 28.9 Å². The number of aliphatic hydroxyl groups is 2. The Hall–Kier alpha value is -1.62. The zero-order chi connectivity index (χ0) is 15.1. The van der Waals surface area contributed by atoms with Gasteiger partial charge in [-0.25, -0.2) is 4.98 Å². The van der Waals surface area contributed by atoms with Crippen molar-refractivity contribution in [2.45, 2.75) is 23.7 Å². The topological polar surface area (TPSA) is 139 Å². The summed E-state index contributed by atoms with van der Waals surface area (Å²) < 4.78 is 7.22. The van der Waals surface area contributed by atoms with E-state index in [1.165, 1.54) is 18.1 Å². The first-order chi connectivity index (χ1) is 10.1. The van der Waals surface area contributed by atoms with Gasteiger partial charge in [0.1, 0.15) is 6.10 Å². The van der Waals surface area contributed by atoms with Gasteiger partial charge in [-0.2, -0.15) is 16.7 Å². The van der Waals surface area contributed by atoms with Crippen molar-refractivity contribution in [2.24, 2.45) is 0 Å². The first-order valence-electron chi connectivity index (χ1n) is 6.26. The quantitative estimate of drug-likeness (QED) is 0.547. The molecule has 2 aromatic rings. The Kier molecular flexibility index (Phi) is 3.61. The molecule has 114 valence electrons. The Morgan fingerprint density at radius 1 is 1.62 bits per heavy atom. The number of H-pyrrole nitrogens is 1. The maximum absolute atomic E-state index is 11.8. The summed E-state index contributed by atoms with van der Waals surface area (Å²) in [7, 11) is 0. The average molecular weight is 313 g/mol. The van der Waals surface area contributed by atoms with Crippen LogP contribution in [0.4, 0.5) is 5.95 Å². The normalized spacial score (nSPS) is 29.3. The maximum atomic E-state index is 11.8. The summed E-state index contributed by atoms with van der Waals surface area (Å²) in [5.74, 6) is -0.0211. The highest BCUT2D eigenvalue weighted by atomic mass is 32.2. The third-order valence-corrected chi connectivity index (χ3v) is 4.55. The Morgan fingerprint density at radius 2 is 2.38 bits per heavy atom. The minimum absolute atomic E-state index is 0.0211. The van der Waals surface area contributed by atoms with Crippen LogP contribution in [-0.2, 0) is 4.74 Å². The van der Waals surface area contributed by atoms with Gasteiger partial charge in [-0.05, 0) is 6.26 Å². The monoisotopic (exact) mass is 313 g/mol. The number of aromatic amines is 1. The third-order valence-electron chi connectivity index (χ3n) is 3.49.